The van der Waals surface area contributed by atoms with Crippen molar-refractivity contribution in [2.45, 2.75) is 32.3 Å². The number of piperidine rings is 1. The zero-order valence-corrected chi connectivity index (χ0v) is 11.7. The standard InChI is InChI=1S/C14H21N3O3/c1-2-9-20-11-5-4-8-16(10-11)13-7-3-6-12(15)14(13)17(18)19/h3,6-7,11H,2,4-5,8-10,15H2,1H3. The van der Waals surface area contributed by atoms with Crippen LogP contribution < -0.4 is 10.6 Å². The highest BCUT2D eigenvalue weighted by molar-refractivity contribution is 5.75. The Morgan fingerprint density at radius 2 is 2.35 bits per heavy atom. The second-order valence-corrected chi connectivity index (χ2v) is 5.05. The van der Waals surface area contributed by atoms with Gasteiger partial charge in [-0.25, -0.2) is 0 Å². The van der Waals surface area contributed by atoms with E-state index in [1.807, 2.05) is 4.90 Å². The van der Waals surface area contributed by atoms with Crippen LogP contribution in [-0.4, -0.2) is 30.7 Å². The van der Waals surface area contributed by atoms with Crippen molar-refractivity contribution in [2.75, 3.05) is 30.3 Å². The zero-order valence-electron chi connectivity index (χ0n) is 11.7. The van der Waals surface area contributed by atoms with Crippen LogP contribution in [0.25, 0.3) is 0 Å². The smallest absolute Gasteiger partial charge is 0.315 e. The van der Waals surface area contributed by atoms with E-state index in [2.05, 4.69) is 6.92 Å². The number of ether oxygens (including phenoxy) is 1. The molecule has 1 aliphatic heterocycles. The quantitative estimate of drug-likeness (QED) is 0.509. The molecule has 20 heavy (non-hydrogen) atoms. The minimum atomic E-state index is -0.402. The number of para-hydroxylation sites is 1. The van der Waals surface area contributed by atoms with E-state index in [0.717, 1.165) is 32.4 Å². The minimum Gasteiger partial charge on any atom is -0.393 e. The summed E-state index contributed by atoms with van der Waals surface area (Å²) >= 11 is 0. The number of nitrogens with two attached hydrogens (primary N) is 1. The molecule has 110 valence electrons. The third-order valence-electron chi connectivity index (χ3n) is 3.51. The molecule has 0 radical (unpaired) electrons. The van der Waals surface area contributed by atoms with Gasteiger partial charge in [-0.3, -0.25) is 10.1 Å². The SMILES string of the molecule is CCCOC1CCCN(c2cccc(N)c2[N+](=O)[O-])C1. The molecule has 0 aliphatic carbocycles. The second kappa shape index (κ2) is 6.56. The van der Waals surface area contributed by atoms with Crippen molar-refractivity contribution >= 4 is 17.1 Å². The molecule has 0 bridgehead atoms. The van der Waals surface area contributed by atoms with Gasteiger partial charge in [-0.1, -0.05) is 13.0 Å². The van der Waals surface area contributed by atoms with Crippen LogP contribution in [0.1, 0.15) is 26.2 Å². The molecular formula is C14H21N3O3. The Morgan fingerprint density at radius 3 is 3.05 bits per heavy atom. The second-order valence-electron chi connectivity index (χ2n) is 5.05. The molecule has 6 heteroatoms. The molecule has 0 aromatic heterocycles. The van der Waals surface area contributed by atoms with Crippen molar-refractivity contribution in [1.29, 1.82) is 0 Å². The molecule has 0 spiro atoms. The maximum Gasteiger partial charge on any atom is 0.315 e. The molecule has 1 aromatic carbocycles. The van der Waals surface area contributed by atoms with E-state index in [4.69, 9.17) is 10.5 Å². The number of rotatable bonds is 5. The molecule has 2 rings (SSSR count). The number of nitrogens with zero attached hydrogens (tertiary/aromatic N) is 2. The zero-order chi connectivity index (χ0) is 14.5. The fraction of sp³-hybridized carbons (Fsp3) is 0.571. The van der Waals surface area contributed by atoms with E-state index in [-0.39, 0.29) is 17.5 Å². The predicted molar refractivity (Wildman–Crippen MR) is 79.0 cm³/mol. The average molecular weight is 279 g/mol. The van der Waals surface area contributed by atoms with Crippen LogP contribution in [0.5, 0.6) is 0 Å². The highest BCUT2D eigenvalue weighted by Gasteiger charge is 2.27. The number of hydrogen-bond donors (Lipinski definition) is 1. The summed E-state index contributed by atoms with van der Waals surface area (Å²) < 4.78 is 5.77. The van der Waals surface area contributed by atoms with Gasteiger partial charge in [0.2, 0.25) is 0 Å². The summed E-state index contributed by atoms with van der Waals surface area (Å²) in [6.07, 6.45) is 3.10. The molecule has 1 saturated heterocycles. The molecule has 0 amide bonds. The van der Waals surface area contributed by atoms with E-state index in [9.17, 15) is 10.1 Å². The first kappa shape index (κ1) is 14.6. The van der Waals surface area contributed by atoms with Gasteiger partial charge in [-0.15, -0.1) is 0 Å². The van der Waals surface area contributed by atoms with Crippen molar-refractivity contribution in [3.8, 4) is 0 Å². The van der Waals surface area contributed by atoms with Crippen molar-refractivity contribution < 1.29 is 9.66 Å². The van der Waals surface area contributed by atoms with E-state index < -0.39 is 4.92 Å². The van der Waals surface area contributed by atoms with E-state index >= 15 is 0 Å². The van der Waals surface area contributed by atoms with Crippen LogP contribution in [0, 0.1) is 10.1 Å². The lowest BCUT2D eigenvalue weighted by Crippen LogP contribution is -2.40. The maximum atomic E-state index is 11.2. The van der Waals surface area contributed by atoms with Gasteiger partial charge in [-0.2, -0.15) is 0 Å². The van der Waals surface area contributed by atoms with Gasteiger partial charge < -0.3 is 15.4 Å². The van der Waals surface area contributed by atoms with Crippen LogP contribution in [0.3, 0.4) is 0 Å². The maximum absolute atomic E-state index is 11.2. The van der Waals surface area contributed by atoms with Gasteiger partial charge >= 0.3 is 5.69 Å². The van der Waals surface area contributed by atoms with Crippen molar-refractivity contribution in [3.63, 3.8) is 0 Å². The number of benzene rings is 1. The first-order valence-electron chi connectivity index (χ1n) is 7.03. The normalized spacial score (nSPS) is 19.1. The lowest BCUT2D eigenvalue weighted by atomic mass is 10.1. The molecule has 2 N–H and O–H groups in total. The number of hydrogen-bond acceptors (Lipinski definition) is 5. The van der Waals surface area contributed by atoms with Gasteiger partial charge in [0.1, 0.15) is 11.4 Å². The summed E-state index contributed by atoms with van der Waals surface area (Å²) in [6, 6.07) is 5.08. The molecule has 1 unspecified atom stereocenters. The molecular weight excluding hydrogens is 258 g/mol. The number of anilines is 2. The predicted octanol–water partition coefficient (Wildman–Crippen LogP) is 2.57. The van der Waals surface area contributed by atoms with Gasteiger partial charge in [0.25, 0.3) is 0 Å². The van der Waals surface area contributed by atoms with Crippen molar-refractivity contribution in [1.82, 2.24) is 0 Å². The summed E-state index contributed by atoms with van der Waals surface area (Å²) in [6.45, 7) is 4.29. The summed E-state index contributed by atoms with van der Waals surface area (Å²) in [4.78, 5) is 12.8. The number of nitro benzene ring substituents is 1. The van der Waals surface area contributed by atoms with Gasteiger partial charge in [0.05, 0.1) is 11.0 Å². The fourth-order valence-corrected chi connectivity index (χ4v) is 2.58. The Bertz CT molecular complexity index is 479. The summed E-state index contributed by atoms with van der Waals surface area (Å²) in [5.74, 6) is 0. The van der Waals surface area contributed by atoms with Crippen molar-refractivity contribution in [3.05, 3.63) is 28.3 Å². The fourth-order valence-electron chi connectivity index (χ4n) is 2.58. The average Bonchev–Trinajstić information content (AvgIpc) is 2.44. The molecule has 1 aliphatic rings. The Balaban J connectivity index is 2.18. The van der Waals surface area contributed by atoms with Crippen LogP contribution in [0.2, 0.25) is 0 Å². The highest BCUT2D eigenvalue weighted by Crippen LogP contribution is 2.35. The molecule has 0 saturated carbocycles. The molecule has 1 fully saturated rings. The summed E-state index contributed by atoms with van der Waals surface area (Å²) in [5, 5.41) is 11.2. The lowest BCUT2D eigenvalue weighted by Gasteiger charge is -2.34. The first-order chi connectivity index (χ1) is 9.63. The van der Waals surface area contributed by atoms with E-state index in [0.29, 0.717) is 12.2 Å². The van der Waals surface area contributed by atoms with E-state index in [1.165, 1.54) is 0 Å². The number of nitro groups is 1. The lowest BCUT2D eigenvalue weighted by molar-refractivity contribution is -0.383. The Hall–Kier alpha value is -1.82. The van der Waals surface area contributed by atoms with Crippen LogP contribution in [-0.2, 0) is 4.74 Å². The Labute approximate surface area is 118 Å². The molecule has 6 nitrogen and oxygen atoms in total. The van der Waals surface area contributed by atoms with Crippen LogP contribution >= 0.6 is 0 Å². The number of nitrogen functional groups attached to an aromatic ring is 1. The summed E-state index contributed by atoms with van der Waals surface area (Å²) in [5.41, 5.74) is 6.56. The molecule has 1 atom stereocenters. The Morgan fingerprint density at radius 1 is 1.55 bits per heavy atom. The van der Waals surface area contributed by atoms with E-state index in [1.54, 1.807) is 18.2 Å². The van der Waals surface area contributed by atoms with Crippen LogP contribution in [0.15, 0.2) is 18.2 Å². The summed E-state index contributed by atoms with van der Waals surface area (Å²) in [7, 11) is 0. The van der Waals surface area contributed by atoms with Crippen molar-refractivity contribution in [2.24, 2.45) is 0 Å². The largest absolute Gasteiger partial charge is 0.393 e. The molecule has 1 heterocycles. The molecule has 1 aromatic rings. The monoisotopic (exact) mass is 279 g/mol. The van der Waals surface area contributed by atoms with Gasteiger partial charge in [-0.05, 0) is 31.4 Å². The Kier molecular flexibility index (Phi) is 4.79. The topological polar surface area (TPSA) is 81.6 Å². The van der Waals surface area contributed by atoms with Gasteiger partial charge in [0, 0.05) is 19.7 Å². The highest BCUT2D eigenvalue weighted by atomic mass is 16.6. The minimum absolute atomic E-state index is 0.00337. The third kappa shape index (κ3) is 3.19. The first-order valence-corrected chi connectivity index (χ1v) is 7.03. The van der Waals surface area contributed by atoms with Crippen LogP contribution in [0.4, 0.5) is 17.1 Å². The van der Waals surface area contributed by atoms with Gasteiger partial charge in [0.15, 0.2) is 0 Å². The third-order valence-corrected chi connectivity index (χ3v) is 3.51.